The molecule has 1 aromatic rings. The monoisotopic (exact) mass is 118 g/mol. The number of benzene rings is 1. The van der Waals surface area contributed by atoms with Crippen LogP contribution in [0, 0.1) is 0 Å². The summed E-state index contributed by atoms with van der Waals surface area (Å²) < 4.78 is 0. The van der Waals surface area contributed by atoms with Crippen LogP contribution in [-0.4, -0.2) is 7.85 Å². The van der Waals surface area contributed by atoms with Gasteiger partial charge in [-0.3, -0.25) is 5.84 Å². The molecule has 0 saturated heterocycles. The third-order valence-corrected chi connectivity index (χ3v) is 1.08. The fourth-order valence-electron chi connectivity index (χ4n) is 0.579. The average Bonchev–Trinajstić information content (AvgIpc) is 1.90. The van der Waals surface area contributed by atoms with E-state index in [0.717, 1.165) is 11.2 Å². The van der Waals surface area contributed by atoms with Crippen LogP contribution >= 0.6 is 0 Å². The zero-order valence-electron chi connectivity index (χ0n) is 4.96. The highest BCUT2D eigenvalue weighted by Gasteiger charge is 1.83. The smallest absolute Gasteiger partial charge is 0.113 e. The highest BCUT2D eigenvalue weighted by atomic mass is 15.2. The molecule has 0 aliphatic carbocycles. The van der Waals surface area contributed by atoms with Crippen molar-refractivity contribution in [2.75, 3.05) is 5.43 Å². The summed E-state index contributed by atoms with van der Waals surface area (Å²) in [5.41, 5.74) is 4.11. The van der Waals surface area contributed by atoms with E-state index in [-0.39, 0.29) is 0 Å². The minimum atomic E-state index is 0.744. The molecular formula is C6H7BN2. The van der Waals surface area contributed by atoms with E-state index in [1.54, 1.807) is 12.1 Å². The molecule has 1 aromatic carbocycles. The first kappa shape index (κ1) is 6.17. The van der Waals surface area contributed by atoms with Crippen molar-refractivity contribution in [3.05, 3.63) is 24.3 Å². The van der Waals surface area contributed by atoms with Gasteiger partial charge in [0, 0.05) is 5.69 Å². The summed E-state index contributed by atoms with van der Waals surface area (Å²) in [7, 11) is 5.41. The Morgan fingerprint density at radius 1 is 1.22 bits per heavy atom. The maximum absolute atomic E-state index is 5.41. The van der Waals surface area contributed by atoms with Crippen LogP contribution in [0.2, 0.25) is 0 Å². The predicted octanol–water partition coefficient (Wildman–Crippen LogP) is -0.234. The van der Waals surface area contributed by atoms with Gasteiger partial charge < -0.3 is 5.43 Å². The van der Waals surface area contributed by atoms with Gasteiger partial charge in [0.15, 0.2) is 0 Å². The van der Waals surface area contributed by atoms with E-state index in [1.165, 1.54) is 0 Å². The van der Waals surface area contributed by atoms with Crippen LogP contribution in [0.1, 0.15) is 0 Å². The van der Waals surface area contributed by atoms with Gasteiger partial charge in [-0.05, 0) is 12.1 Å². The fraction of sp³-hybridized carbons (Fsp3) is 0. The molecule has 0 aromatic heterocycles. The van der Waals surface area contributed by atoms with Gasteiger partial charge in [-0.1, -0.05) is 17.6 Å². The van der Waals surface area contributed by atoms with Gasteiger partial charge in [0.05, 0.1) is 0 Å². The van der Waals surface area contributed by atoms with Crippen LogP contribution in [0.3, 0.4) is 0 Å². The molecule has 2 nitrogen and oxygen atoms in total. The lowest BCUT2D eigenvalue weighted by molar-refractivity contribution is 1.36. The van der Waals surface area contributed by atoms with Crippen molar-refractivity contribution < 1.29 is 0 Å². The van der Waals surface area contributed by atoms with Crippen molar-refractivity contribution in [3.8, 4) is 0 Å². The molecule has 0 aliphatic heterocycles. The summed E-state index contributed by atoms with van der Waals surface area (Å²) in [4.78, 5) is 0. The topological polar surface area (TPSA) is 38.0 Å². The molecule has 9 heavy (non-hydrogen) atoms. The zero-order chi connectivity index (χ0) is 6.69. The minimum absolute atomic E-state index is 0.744. The maximum atomic E-state index is 5.41. The van der Waals surface area contributed by atoms with Crippen LogP contribution in [-0.2, 0) is 0 Å². The maximum Gasteiger partial charge on any atom is 0.113 e. The number of nitrogens with two attached hydrogens (primary N) is 1. The highest BCUT2D eigenvalue weighted by molar-refractivity contribution is 6.32. The van der Waals surface area contributed by atoms with Gasteiger partial charge in [0.1, 0.15) is 7.85 Å². The molecule has 0 saturated carbocycles. The molecule has 0 aliphatic rings. The molecule has 1 rings (SSSR count). The molecule has 0 heterocycles. The molecule has 2 radical (unpaired) electrons. The SMILES string of the molecule is [B]c1ccc(NN)cc1. The van der Waals surface area contributed by atoms with E-state index in [0.29, 0.717) is 0 Å². The quantitative estimate of drug-likeness (QED) is 0.303. The number of hydrazine groups is 1. The second-order valence-electron chi connectivity index (χ2n) is 1.77. The Morgan fingerprint density at radius 2 is 1.78 bits per heavy atom. The summed E-state index contributed by atoms with van der Waals surface area (Å²) in [5, 5.41) is 0. The lowest BCUT2D eigenvalue weighted by atomic mass is 9.96. The molecule has 0 unspecified atom stereocenters. The van der Waals surface area contributed by atoms with Crippen LogP contribution in [0.4, 0.5) is 5.69 Å². The lowest BCUT2D eigenvalue weighted by Crippen LogP contribution is -2.08. The van der Waals surface area contributed by atoms with Crippen LogP contribution in [0.5, 0.6) is 0 Å². The second kappa shape index (κ2) is 2.55. The Kier molecular flexibility index (Phi) is 1.75. The van der Waals surface area contributed by atoms with Crippen molar-refractivity contribution in [1.29, 1.82) is 0 Å². The Hall–Kier alpha value is -0.955. The molecule has 0 amide bonds. The first-order valence-corrected chi connectivity index (χ1v) is 2.65. The third kappa shape index (κ3) is 1.47. The number of rotatable bonds is 1. The summed E-state index contributed by atoms with van der Waals surface area (Å²) in [5.74, 6) is 5.11. The van der Waals surface area contributed by atoms with E-state index in [1.807, 2.05) is 12.1 Å². The highest BCUT2D eigenvalue weighted by Crippen LogP contribution is 1.98. The van der Waals surface area contributed by atoms with Gasteiger partial charge >= 0.3 is 0 Å². The summed E-state index contributed by atoms with van der Waals surface area (Å²) in [6, 6.07) is 7.20. The summed E-state index contributed by atoms with van der Waals surface area (Å²) in [6.45, 7) is 0. The number of hydrogen-bond acceptors (Lipinski definition) is 2. The molecule has 0 atom stereocenters. The first-order valence-electron chi connectivity index (χ1n) is 2.65. The molecule has 3 N–H and O–H groups in total. The predicted molar refractivity (Wildman–Crippen MR) is 39.6 cm³/mol. The van der Waals surface area contributed by atoms with Gasteiger partial charge in [-0.2, -0.15) is 0 Å². The van der Waals surface area contributed by atoms with Crippen molar-refractivity contribution in [2.24, 2.45) is 5.84 Å². The average molecular weight is 118 g/mol. The van der Waals surface area contributed by atoms with Crippen LogP contribution < -0.4 is 16.7 Å². The Balaban J connectivity index is 2.88. The molecule has 3 heteroatoms. The van der Waals surface area contributed by atoms with Gasteiger partial charge in [-0.15, -0.1) is 0 Å². The summed E-state index contributed by atoms with van der Waals surface area (Å²) in [6.07, 6.45) is 0. The molecule has 0 bridgehead atoms. The third-order valence-electron chi connectivity index (χ3n) is 1.08. The Bertz CT molecular complexity index is 183. The lowest BCUT2D eigenvalue weighted by Gasteiger charge is -1.97. The van der Waals surface area contributed by atoms with Crippen LogP contribution in [0.15, 0.2) is 24.3 Å². The number of hydrogen-bond donors (Lipinski definition) is 2. The minimum Gasteiger partial charge on any atom is -0.324 e. The largest absolute Gasteiger partial charge is 0.324 e. The first-order chi connectivity index (χ1) is 4.33. The van der Waals surface area contributed by atoms with E-state index in [2.05, 4.69) is 5.43 Å². The Morgan fingerprint density at radius 3 is 2.22 bits per heavy atom. The standard InChI is InChI=1S/C6H7BN2/c7-5-1-3-6(9-8)4-2-5/h1-4,9H,8H2. The molecule has 44 valence electrons. The van der Waals surface area contributed by atoms with Gasteiger partial charge in [-0.25, -0.2) is 0 Å². The van der Waals surface area contributed by atoms with Crippen molar-refractivity contribution in [3.63, 3.8) is 0 Å². The number of nitrogen functional groups attached to an aromatic ring is 1. The summed E-state index contributed by atoms with van der Waals surface area (Å²) >= 11 is 0. The normalized spacial score (nSPS) is 9.00. The van der Waals surface area contributed by atoms with Crippen molar-refractivity contribution >= 4 is 19.0 Å². The fourth-order valence-corrected chi connectivity index (χ4v) is 0.579. The Labute approximate surface area is 55.4 Å². The zero-order valence-corrected chi connectivity index (χ0v) is 4.96. The van der Waals surface area contributed by atoms with Crippen molar-refractivity contribution in [1.82, 2.24) is 0 Å². The van der Waals surface area contributed by atoms with Gasteiger partial charge in [0.2, 0.25) is 0 Å². The number of anilines is 1. The van der Waals surface area contributed by atoms with E-state index in [9.17, 15) is 0 Å². The van der Waals surface area contributed by atoms with E-state index >= 15 is 0 Å². The van der Waals surface area contributed by atoms with Crippen molar-refractivity contribution in [2.45, 2.75) is 0 Å². The molecular weight excluding hydrogens is 111 g/mol. The molecule has 0 fully saturated rings. The number of nitrogens with one attached hydrogen (secondary N) is 1. The van der Waals surface area contributed by atoms with E-state index in [4.69, 9.17) is 13.7 Å². The molecule has 0 spiro atoms. The van der Waals surface area contributed by atoms with E-state index < -0.39 is 0 Å². The van der Waals surface area contributed by atoms with Crippen LogP contribution in [0.25, 0.3) is 0 Å². The van der Waals surface area contributed by atoms with Gasteiger partial charge in [0.25, 0.3) is 0 Å². The second-order valence-corrected chi connectivity index (χ2v) is 1.77.